The second kappa shape index (κ2) is 8.08. The Bertz CT molecular complexity index is 854. The summed E-state index contributed by atoms with van der Waals surface area (Å²) in [5, 5.41) is 3.73. The molecule has 1 amide bonds. The van der Waals surface area contributed by atoms with Crippen molar-refractivity contribution in [3.8, 4) is 0 Å². The Labute approximate surface area is 157 Å². The van der Waals surface area contributed by atoms with Crippen LogP contribution in [0.15, 0.2) is 48.5 Å². The molecule has 0 aliphatic carbocycles. The molecule has 0 aliphatic rings. The zero-order valence-electron chi connectivity index (χ0n) is 13.7. The zero-order valence-corrected chi connectivity index (χ0v) is 16.1. The normalized spacial score (nSPS) is 12.5. The molecule has 0 unspecified atom stereocenters. The predicted octanol–water partition coefficient (Wildman–Crippen LogP) is 3.46. The molecule has 0 heterocycles. The van der Waals surface area contributed by atoms with Crippen LogP contribution in [0.1, 0.15) is 12.5 Å². The number of halogens is 2. The summed E-state index contributed by atoms with van der Waals surface area (Å²) in [6, 6.07) is 12.5. The van der Waals surface area contributed by atoms with E-state index in [9.17, 15) is 13.2 Å². The van der Waals surface area contributed by atoms with E-state index < -0.39 is 22.0 Å². The number of anilines is 1. The van der Waals surface area contributed by atoms with Crippen LogP contribution in [0.3, 0.4) is 0 Å². The van der Waals surface area contributed by atoms with Crippen LogP contribution in [0.25, 0.3) is 0 Å². The van der Waals surface area contributed by atoms with Gasteiger partial charge in [0.1, 0.15) is 6.04 Å². The second-order valence-electron chi connectivity index (χ2n) is 5.52. The van der Waals surface area contributed by atoms with Crippen molar-refractivity contribution in [1.82, 2.24) is 5.32 Å². The molecular weight excluding hydrogens is 383 g/mol. The van der Waals surface area contributed by atoms with E-state index in [1.165, 1.54) is 6.92 Å². The van der Waals surface area contributed by atoms with Crippen LogP contribution < -0.4 is 9.62 Å². The largest absolute Gasteiger partial charge is 0.350 e. The Kier molecular flexibility index (Phi) is 6.32. The van der Waals surface area contributed by atoms with E-state index in [1.54, 1.807) is 42.5 Å². The van der Waals surface area contributed by atoms with Crippen molar-refractivity contribution in [2.75, 3.05) is 10.6 Å². The number of carbonyl (C=O) groups excluding carboxylic acids is 1. The molecule has 8 heteroatoms. The van der Waals surface area contributed by atoms with Crippen LogP contribution in [0.4, 0.5) is 5.69 Å². The number of amides is 1. The SMILES string of the molecule is C[C@H](C(=O)NCc1ccccc1Cl)N(c1ccc(Cl)cc1)S(C)(=O)=O. The first kappa shape index (κ1) is 19.6. The van der Waals surface area contributed by atoms with E-state index in [-0.39, 0.29) is 6.54 Å². The molecule has 0 fully saturated rings. The Morgan fingerprint density at radius 1 is 1.12 bits per heavy atom. The molecule has 0 bridgehead atoms. The summed E-state index contributed by atoms with van der Waals surface area (Å²) in [6.45, 7) is 1.73. The van der Waals surface area contributed by atoms with E-state index in [4.69, 9.17) is 23.2 Å². The highest BCUT2D eigenvalue weighted by atomic mass is 35.5. The smallest absolute Gasteiger partial charge is 0.243 e. The fourth-order valence-electron chi connectivity index (χ4n) is 2.37. The van der Waals surface area contributed by atoms with Gasteiger partial charge in [-0.2, -0.15) is 0 Å². The molecule has 0 aromatic heterocycles. The van der Waals surface area contributed by atoms with Gasteiger partial charge < -0.3 is 5.32 Å². The van der Waals surface area contributed by atoms with Crippen molar-refractivity contribution in [1.29, 1.82) is 0 Å². The van der Waals surface area contributed by atoms with E-state index in [0.29, 0.717) is 15.7 Å². The lowest BCUT2D eigenvalue weighted by atomic mass is 10.2. The molecular formula is C17H18Cl2N2O3S. The summed E-state index contributed by atoms with van der Waals surface area (Å²) >= 11 is 11.9. The van der Waals surface area contributed by atoms with Crippen molar-refractivity contribution in [3.63, 3.8) is 0 Å². The maximum atomic E-state index is 12.5. The minimum atomic E-state index is -3.66. The van der Waals surface area contributed by atoms with Gasteiger partial charge >= 0.3 is 0 Å². The Hall–Kier alpha value is -1.76. The number of nitrogens with zero attached hydrogens (tertiary/aromatic N) is 1. The van der Waals surface area contributed by atoms with Crippen LogP contribution in [-0.4, -0.2) is 26.6 Å². The molecule has 25 heavy (non-hydrogen) atoms. The third-order valence-corrected chi connectivity index (χ3v) is 5.44. The molecule has 0 aliphatic heterocycles. The van der Waals surface area contributed by atoms with E-state index in [0.717, 1.165) is 16.1 Å². The maximum Gasteiger partial charge on any atom is 0.243 e. The number of hydrogen-bond acceptors (Lipinski definition) is 3. The number of rotatable bonds is 6. The van der Waals surface area contributed by atoms with Crippen molar-refractivity contribution in [3.05, 3.63) is 64.1 Å². The molecule has 1 atom stereocenters. The number of nitrogens with one attached hydrogen (secondary N) is 1. The first-order valence-corrected chi connectivity index (χ1v) is 10.1. The van der Waals surface area contributed by atoms with Crippen LogP contribution in [0.2, 0.25) is 10.0 Å². The van der Waals surface area contributed by atoms with Crippen LogP contribution in [0, 0.1) is 0 Å². The van der Waals surface area contributed by atoms with Gasteiger partial charge in [-0.25, -0.2) is 8.42 Å². The number of hydrogen-bond donors (Lipinski definition) is 1. The first-order chi connectivity index (χ1) is 11.7. The molecule has 134 valence electrons. The number of carbonyl (C=O) groups is 1. The van der Waals surface area contributed by atoms with E-state index in [1.807, 2.05) is 6.07 Å². The van der Waals surface area contributed by atoms with Crippen molar-refractivity contribution in [2.45, 2.75) is 19.5 Å². The van der Waals surface area contributed by atoms with Gasteiger partial charge in [0.05, 0.1) is 11.9 Å². The zero-order chi connectivity index (χ0) is 18.6. The lowest BCUT2D eigenvalue weighted by Crippen LogP contribution is -2.47. The Balaban J connectivity index is 2.18. The molecule has 0 saturated carbocycles. The highest BCUT2D eigenvalue weighted by Gasteiger charge is 2.28. The molecule has 2 aromatic carbocycles. The van der Waals surface area contributed by atoms with Gasteiger partial charge in [-0.3, -0.25) is 9.10 Å². The third-order valence-electron chi connectivity index (χ3n) is 3.58. The summed E-state index contributed by atoms with van der Waals surface area (Å²) in [6.07, 6.45) is 1.06. The lowest BCUT2D eigenvalue weighted by Gasteiger charge is -2.28. The number of benzene rings is 2. The maximum absolute atomic E-state index is 12.5. The summed E-state index contributed by atoms with van der Waals surface area (Å²) in [5.41, 5.74) is 1.12. The second-order valence-corrected chi connectivity index (χ2v) is 8.22. The fraction of sp³-hybridized carbons (Fsp3) is 0.235. The summed E-state index contributed by atoms with van der Waals surface area (Å²) < 4.78 is 25.4. The molecule has 1 N–H and O–H groups in total. The molecule has 0 saturated heterocycles. The van der Waals surface area contributed by atoms with Gasteiger partial charge in [0.2, 0.25) is 15.9 Å². The Morgan fingerprint density at radius 2 is 1.72 bits per heavy atom. The molecule has 5 nitrogen and oxygen atoms in total. The third kappa shape index (κ3) is 5.11. The minimum Gasteiger partial charge on any atom is -0.350 e. The van der Waals surface area contributed by atoms with E-state index >= 15 is 0 Å². The highest BCUT2D eigenvalue weighted by molar-refractivity contribution is 7.92. The standard InChI is InChI=1S/C17H18Cl2N2O3S/c1-12(17(22)20-11-13-5-3-4-6-16(13)19)21(25(2,23)24)15-9-7-14(18)8-10-15/h3-10,12H,11H2,1-2H3,(H,20,22)/t12-/m1/s1. The molecule has 0 radical (unpaired) electrons. The fourth-order valence-corrected chi connectivity index (χ4v) is 3.87. The van der Waals surface area contributed by atoms with Gasteiger partial charge in [0, 0.05) is 16.6 Å². The monoisotopic (exact) mass is 400 g/mol. The summed E-state index contributed by atoms with van der Waals surface area (Å²) in [5.74, 6) is -0.430. The van der Waals surface area contributed by atoms with E-state index in [2.05, 4.69) is 5.32 Å². The van der Waals surface area contributed by atoms with Crippen molar-refractivity contribution < 1.29 is 13.2 Å². The predicted molar refractivity (Wildman–Crippen MR) is 102 cm³/mol. The molecule has 2 aromatic rings. The van der Waals surface area contributed by atoms with Gasteiger partial charge in [-0.15, -0.1) is 0 Å². The quantitative estimate of drug-likeness (QED) is 0.806. The Morgan fingerprint density at radius 3 is 2.28 bits per heavy atom. The van der Waals surface area contributed by atoms with Gasteiger partial charge in [-0.1, -0.05) is 41.4 Å². The van der Waals surface area contributed by atoms with Crippen molar-refractivity contribution >= 4 is 44.8 Å². The van der Waals surface area contributed by atoms with Gasteiger partial charge in [-0.05, 0) is 42.8 Å². The summed E-state index contributed by atoms with van der Waals surface area (Å²) in [4.78, 5) is 12.5. The topological polar surface area (TPSA) is 66.5 Å². The first-order valence-electron chi connectivity index (χ1n) is 7.46. The van der Waals surface area contributed by atoms with Crippen LogP contribution >= 0.6 is 23.2 Å². The van der Waals surface area contributed by atoms with Crippen molar-refractivity contribution in [2.24, 2.45) is 0 Å². The minimum absolute atomic E-state index is 0.209. The van der Waals surface area contributed by atoms with Gasteiger partial charge in [0.15, 0.2) is 0 Å². The molecule has 0 spiro atoms. The highest BCUT2D eigenvalue weighted by Crippen LogP contribution is 2.23. The number of sulfonamides is 1. The average Bonchev–Trinajstić information content (AvgIpc) is 2.54. The lowest BCUT2D eigenvalue weighted by molar-refractivity contribution is -0.122. The van der Waals surface area contributed by atoms with Crippen LogP contribution in [0.5, 0.6) is 0 Å². The average molecular weight is 401 g/mol. The molecule has 2 rings (SSSR count). The van der Waals surface area contributed by atoms with Gasteiger partial charge in [0.25, 0.3) is 0 Å². The van der Waals surface area contributed by atoms with Crippen LogP contribution in [-0.2, 0) is 21.4 Å². The summed E-state index contributed by atoms with van der Waals surface area (Å²) in [7, 11) is -3.66.